The standard InChI is InChI=1S/C14H11ClF3N3O4S2/c15-12-19-13(26-20-12)21-6-7(5-9(21)11(22)23)27(24,25)10-4-2-1-3-8(10)14(16,17)18/h1-4,7,9H,5-6H2,(H,22,23)/t7-,9-/m1/s1. The maximum absolute atomic E-state index is 13.2. The van der Waals surface area contributed by atoms with Crippen LogP contribution < -0.4 is 4.90 Å². The van der Waals surface area contributed by atoms with Gasteiger partial charge in [0, 0.05) is 18.1 Å². The third kappa shape index (κ3) is 3.73. The first-order valence-electron chi connectivity index (χ1n) is 7.40. The summed E-state index contributed by atoms with van der Waals surface area (Å²) in [6.45, 7) is -0.336. The van der Waals surface area contributed by atoms with E-state index in [4.69, 9.17) is 11.6 Å². The Labute approximate surface area is 160 Å². The van der Waals surface area contributed by atoms with Gasteiger partial charge < -0.3 is 10.0 Å². The molecule has 0 radical (unpaired) electrons. The summed E-state index contributed by atoms with van der Waals surface area (Å²) in [6.07, 6.45) is -5.25. The normalized spacial score (nSPS) is 20.8. The van der Waals surface area contributed by atoms with E-state index in [1.165, 1.54) is 11.0 Å². The van der Waals surface area contributed by atoms with E-state index in [0.29, 0.717) is 6.07 Å². The number of hydrogen-bond acceptors (Lipinski definition) is 7. The van der Waals surface area contributed by atoms with Crippen LogP contribution in [0, 0.1) is 0 Å². The third-order valence-corrected chi connectivity index (χ3v) is 7.33. The predicted octanol–water partition coefficient (Wildman–Crippen LogP) is 2.72. The molecule has 1 aromatic carbocycles. The van der Waals surface area contributed by atoms with Crippen molar-refractivity contribution < 1.29 is 31.5 Å². The van der Waals surface area contributed by atoms with Gasteiger partial charge in [-0.2, -0.15) is 22.5 Å². The molecule has 7 nitrogen and oxygen atoms in total. The highest BCUT2D eigenvalue weighted by Crippen LogP contribution is 2.38. The molecule has 2 heterocycles. The summed E-state index contributed by atoms with van der Waals surface area (Å²) in [5, 5.41) is 8.00. The van der Waals surface area contributed by atoms with E-state index in [0.717, 1.165) is 23.7 Å². The molecule has 0 unspecified atom stereocenters. The average molecular weight is 442 g/mol. The van der Waals surface area contributed by atoms with Gasteiger partial charge in [-0.3, -0.25) is 0 Å². The third-order valence-electron chi connectivity index (χ3n) is 4.12. The zero-order chi connectivity index (χ0) is 20.0. The average Bonchev–Trinajstić information content (AvgIpc) is 3.20. The van der Waals surface area contributed by atoms with Crippen LogP contribution in [0.3, 0.4) is 0 Å². The molecule has 1 fully saturated rings. The van der Waals surface area contributed by atoms with Crippen molar-refractivity contribution >= 4 is 44.1 Å². The van der Waals surface area contributed by atoms with Gasteiger partial charge in [0.05, 0.1) is 15.7 Å². The highest BCUT2D eigenvalue weighted by atomic mass is 35.5. The molecule has 13 heteroatoms. The van der Waals surface area contributed by atoms with E-state index in [9.17, 15) is 31.5 Å². The molecule has 1 aliphatic heterocycles. The van der Waals surface area contributed by atoms with Crippen molar-refractivity contribution in [3.05, 3.63) is 35.1 Å². The molecular formula is C14H11ClF3N3O4S2. The van der Waals surface area contributed by atoms with Crippen molar-refractivity contribution in [3.8, 4) is 0 Å². The summed E-state index contributed by atoms with van der Waals surface area (Å²) in [5.41, 5.74) is -1.28. The molecule has 2 aromatic rings. The number of aromatic nitrogens is 2. The topological polar surface area (TPSA) is 100 Å². The molecule has 1 N–H and O–H groups in total. The highest BCUT2D eigenvalue weighted by Gasteiger charge is 2.47. The lowest BCUT2D eigenvalue weighted by Crippen LogP contribution is -2.36. The number of carboxylic acids is 1. The fourth-order valence-electron chi connectivity index (χ4n) is 2.91. The van der Waals surface area contributed by atoms with Gasteiger partial charge in [0.2, 0.25) is 10.4 Å². The van der Waals surface area contributed by atoms with Gasteiger partial charge in [0.15, 0.2) is 9.84 Å². The Balaban J connectivity index is 2.01. The van der Waals surface area contributed by atoms with Crippen LogP contribution in [0.1, 0.15) is 12.0 Å². The predicted molar refractivity (Wildman–Crippen MR) is 90.7 cm³/mol. The van der Waals surface area contributed by atoms with Crippen LogP contribution in [0.15, 0.2) is 29.2 Å². The molecule has 0 bridgehead atoms. The summed E-state index contributed by atoms with van der Waals surface area (Å²) in [6, 6.07) is 2.56. The van der Waals surface area contributed by atoms with E-state index in [2.05, 4.69) is 9.36 Å². The van der Waals surface area contributed by atoms with Crippen LogP contribution in [0.25, 0.3) is 0 Å². The molecular weight excluding hydrogens is 431 g/mol. The van der Waals surface area contributed by atoms with E-state index in [1.807, 2.05) is 0 Å². The number of rotatable bonds is 4. The van der Waals surface area contributed by atoms with E-state index in [1.54, 1.807) is 0 Å². The Hall–Kier alpha value is -1.92. The van der Waals surface area contributed by atoms with Crippen molar-refractivity contribution in [1.29, 1.82) is 0 Å². The minimum atomic E-state index is -4.86. The fraction of sp³-hybridized carbons (Fsp3) is 0.357. The number of carbonyl (C=O) groups is 1. The Kier molecular flexibility index (Phi) is 5.08. The number of carboxylic acid groups (broad SMARTS) is 1. The second-order valence-electron chi connectivity index (χ2n) is 5.75. The van der Waals surface area contributed by atoms with Crippen LogP contribution in [-0.4, -0.2) is 46.7 Å². The Bertz CT molecular complexity index is 980. The summed E-state index contributed by atoms with van der Waals surface area (Å²) >= 11 is 6.41. The first-order chi connectivity index (χ1) is 12.5. The number of nitrogens with zero attached hydrogens (tertiary/aromatic N) is 3. The number of hydrogen-bond donors (Lipinski definition) is 1. The molecule has 2 atom stereocenters. The minimum Gasteiger partial charge on any atom is -0.480 e. The number of aliphatic carboxylic acids is 1. The van der Waals surface area contributed by atoms with Crippen LogP contribution >= 0.6 is 23.1 Å². The highest BCUT2D eigenvalue weighted by molar-refractivity contribution is 7.92. The first kappa shape index (κ1) is 19.8. The zero-order valence-corrected chi connectivity index (χ0v) is 15.6. The van der Waals surface area contributed by atoms with Crippen LogP contribution in [0.4, 0.5) is 18.3 Å². The van der Waals surface area contributed by atoms with Gasteiger partial charge in [0.25, 0.3) is 0 Å². The molecule has 1 saturated heterocycles. The lowest BCUT2D eigenvalue weighted by Gasteiger charge is -2.19. The molecule has 1 aromatic heterocycles. The molecule has 1 aliphatic rings. The quantitative estimate of drug-likeness (QED) is 0.778. The summed E-state index contributed by atoms with van der Waals surface area (Å²) in [4.78, 5) is 15.7. The van der Waals surface area contributed by atoms with Crippen molar-refractivity contribution in [2.75, 3.05) is 11.4 Å². The number of sulfone groups is 1. The van der Waals surface area contributed by atoms with Crippen LogP contribution in [0.5, 0.6) is 0 Å². The molecule has 0 aliphatic carbocycles. The lowest BCUT2D eigenvalue weighted by atomic mass is 10.2. The van der Waals surface area contributed by atoms with Gasteiger partial charge >= 0.3 is 12.1 Å². The van der Waals surface area contributed by atoms with Crippen molar-refractivity contribution in [1.82, 2.24) is 9.36 Å². The van der Waals surface area contributed by atoms with Gasteiger partial charge in [-0.05, 0) is 30.2 Å². The maximum Gasteiger partial charge on any atom is 0.417 e. The van der Waals surface area contributed by atoms with Crippen molar-refractivity contribution in [3.63, 3.8) is 0 Å². The zero-order valence-electron chi connectivity index (χ0n) is 13.2. The van der Waals surface area contributed by atoms with E-state index in [-0.39, 0.29) is 23.4 Å². The lowest BCUT2D eigenvalue weighted by molar-refractivity contribution is -0.140. The molecule has 27 heavy (non-hydrogen) atoms. The fourth-order valence-corrected chi connectivity index (χ4v) is 5.69. The number of halogens is 4. The van der Waals surface area contributed by atoms with E-state index < -0.39 is 43.7 Å². The SMILES string of the molecule is O=C(O)[C@H]1C[C@@H](S(=O)(=O)c2ccccc2C(F)(F)F)CN1c1nc(Cl)ns1. The number of alkyl halides is 3. The monoisotopic (exact) mass is 441 g/mol. The first-order valence-corrected chi connectivity index (χ1v) is 10.1. The number of benzene rings is 1. The summed E-state index contributed by atoms with van der Waals surface area (Å²) < 4.78 is 69.1. The Morgan fingerprint density at radius 1 is 1.33 bits per heavy atom. The summed E-state index contributed by atoms with van der Waals surface area (Å²) in [5.74, 6) is -1.32. The van der Waals surface area contributed by atoms with Crippen molar-refractivity contribution in [2.45, 2.75) is 28.8 Å². The Morgan fingerprint density at radius 3 is 2.56 bits per heavy atom. The smallest absolute Gasteiger partial charge is 0.417 e. The van der Waals surface area contributed by atoms with Crippen LogP contribution in [0.2, 0.25) is 5.28 Å². The van der Waals surface area contributed by atoms with Gasteiger partial charge in [-0.25, -0.2) is 13.2 Å². The van der Waals surface area contributed by atoms with Gasteiger partial charge in [-0.1, -0.05) is 12.1 Å². The maximum atomic E-state index is 13.2. The largest absolute Gasteiger partial charge is 0.480 e. The second-order valence-corrected chi connectivity index (χ2v) is 9.01. The molecule has 0 amide bonds. The van der Waals surface area contributed by atoms with E-state index >= 15 is 0 Å². The Morgan fingerprint density at radius 2 is 2.00 bits per heavy atom. The van der Waals surface area contributed by atoms with Gasteiger partial charge in [0.1, 0.15) is 6.04 Å². The van der Waals surface area contributed by atoms with Crippen molar-refractivity contribution in [2.24, 2.45) is 0 Å². The van der Waals surface area contributed by atoms with Crippen LogP contribution in [-0.2, 0) is 20.8 Å². The van der Waals surface area contributed by atoms with Gasteiger partial charge in [-0.15, -0.1) is 0 Å². The molecule has 3 rings (SSSR count). The molecule has 146 valence electrons. The summed E-state index contributed by atoms with van der Waals surface area (Å²) in [7, 11) is -4.45. The minimum absolute atomic E-state index is 0.0919. The second kappa shape index (κ2) is 6.91. The molecule has 0 spiro atoms. The number of anilines is 1. The molecule has 0 saturated carbocycles.